The standard InChI is InChI=1S/C28H27F3N6O3/c1-39-26-20(11-32-28(34-26)40-2)23-10-19(17-4-3-16(9-17)15-5-7-18(29)8-6-15)25-33-24(14-37(25)35-23)27(38)36-12-21(30)22(31)13-36/h5-8,10-11,14,16-17,21-22H,3-4,9,12-13H2,1-2H3/t16-,17?,21-,22+/m0/s1. The van der Waals surface area contributed by atoms with Gasteiger partial charge in [-0.25, -0.2) is 27.7 Å². The van der Waals surface area contributed by atoms with Crippen LogP contribution >= 0.6 is 0 Å². The molecule has 1 aliphatic heterocycles. The Kier molecular flexibility index (Phi) is 6.77. The number of aromatic nitrogens is 5. The molecule has 1 amide bonds. The second kappa shape index (κ2) is 10.4. The molecule has 0 spiro atoms. The van der Waals surface area contributed by atoms with Gasteiger partial charge in [0, 0.05) is 11.8 Å². The summed E-state index contributed by atoms with van der Waals surface area (Å²) >= 11 is 0. The minimum absolute atomic E-state index is 0.0539. The zero-order chi connectivity index (χ0) is 28.0. The number of carbonyl (C=O) groups is 1. The quantitative estimate of drug-likeness (QED) is 0.347. The molecule has 2 aliphatic rings. The van der Waals surface area contributed by atoms with Crippen molar-refractivity contribution in [2.75, 3.05) is 27.3 Å². The zero-order valence-electron chi connectivity index (χ0n) is 21.9. The van der Waals surface area contributed by atoms with Gasteiger partial charge in [0.25, 0.3) is 5.91 Å². The van der Waals surface area contributed by atoms with Gasteiger partial charge in [-0.2, -0.15) is 10.1 Å². The van der Waals surface area contributed by atoms with Crippen molar-refractivity contribution < 1.29 is 27.4 Å². The molecule has 3 aromatic heterocycles. The Hall–Kier alpha value is -4.22. The van der Waals surface area contributed by atoms with Gasteiger partial charge in [0.05, 0.1) is 44.8 Å². The summed E-state index contributed by atoms with van der Waals surface area (Å²) in [4.78, 5) is 27.3. The van der Waals surface area contributed by atoms with Gasteiger partial charge in [-0.05, 0) is 54.9 Å². The van der Waals surface area contributed by atoms with Crippen LogP contribution in [0, 0.1) is 5.82 Å². The Balaban J connectivity index is 1.42. The van der Waals surface area contributed by atoms with Gasteiger partial charge >= 0.3 is 6.01 Å². The van der Waals surface area contributed by atoms with Crippen molar-refractivity contribution in [2.45, 2.75) is 43.4 Å². The number of hydrogen-bond acceptors (Lipinski definition) is 7. The van der Waals surface area contributed by atoms with Crippen LogP contribution in [-0.2, 0) is 0 Å². The fraction of sp³-hybridized carbons (Fsp3) is 0.393. The maximum Gasteiger partial charge on any atom is 0.319 e. The molecule has 0 radical (unpaired) electrons. The van der Waals surface area contributed by atoms with E-state index in [0.29, 0.717) is 16.9 Å². The normalized spacial score (nSPS) is 22.7. The molecular formula is C28H27F3N6O3. The maximum atomic E-state index is 13.8. The van der Waals surface area contributed by atoms with Crippen molar-refractivity contribution in [1.82, 2.24) is 29.5 Å². The van der Waals surface area contributed by atoms with Crippen molar-refractivity contribution in [3.05, 3.63) is 65.4 Å². The number of imidazole rings is 1. The van der Waals surface area contributed by atoms with Gasteiger partial charge in [-0.3, -0.25) is 4.79 Å². The van der Waals surface area contributed by atoms with E-state index in [1.54, 1.807) is 6.20 Å². The minimum Gasteiger partial charge on any atom is -0.480 e. The van der Waals surface area contributed by atoms with Gasteiger partial charge in [0.2, 0.25) is 5.88 Å². The topological polar surface area (TPSA) is 94.7 Å². The first kappa shape index (κ1) is 26.0. The summed E-state index contributed by atoms with van der Waals surface area (Å²) in [5, 5.41) is 4.68. The molecule has 1 aliphatic carbocycles. The van der Waals surface area contributed by atoms with Crippen LogP contribution in [0.1, 0.15) is 52.7 Å². The predicted octanol–water partition coefficient (Wildman–Crippen LogP) is 4.53. The van der Waals surface area contributed by atoms with E-state index in [0.717, 1.165) is 35.3 Å². The van der Waals surface area contributed by atoms with E-state index in [9.17, 15) is 18.0 Å². The van der Waals surface area contributed by atoms with Crippen LogP contribution in [0.25, 0.3) is 16.9 Å². The number of alkyl halides is 2. The maximum absolute atomic E-state index is 13.8. The van der Waals surface area contributed by atoms with E-state index in [-0.39, 0.29) is 48.3 Å². The Morgan fingerprint density at radius 2 is 1.73 bits per heavy atom. The van der Waals surface area contributed by atoms with Crippen LogP contribution < -0.4 is 9.47 Å². The summed E-state index contributed by atoms with van der Waals surface area (Å²) in [6, 6.07) is 8.60. The second-order valence-corrected chi connectivity index (χ2v) is 10.2. The van der Waals surface area contributed by atoms with Crippen molar-refractivity contribution in [3.63, 3.8) is 0 Å². The average molecular weight is 553 g/mol. The lowest BCUT2D eigenvalue weighted by atomic mass is 9.93. The number of likely N-dealkylation sites (tertiary alicyclic amines) is 1. The minimum atomic E-state index is -1.72. The molecule has 1 aromatic carbocycles. The third-order valence-electron chi connectivity index (χ3n) is 7.74. The molecule has 4 atom stereocenters. The van der Waals surface area contributed by atoms with E-state index < -0.39 is 18.3 Å². The Morgan fingerprint density at radius 1 is 1.00 bits per heavy atom. The Bertz CT molecular complexity index is 1550. The number of hydrogen-bond donors (Lipinski definition) is 0. The average Bonchev–Trinajstić information content (AvgIpc) is 3.71. The van der Waals surface area contributed by atoms with Crippen LogP contribution in [0.5, 0.6) is 11.9 Å². The molecule has 4 heterocycles. The molecule has 0 N–H and O–H groups in total. The summed E-state index contributed by atoms with van der Waals surface area (Å²) in [7, 11) is 2.93. The summed E-state index contributed by atoms with van der Waals surface area (Å²) in [5.41, 5.74) is 3.48. The smallest absolute Gasteiger partial charge is 0.319 e. The third-order valence-corrected chi connectivity index (χ3v) is 7.74. The number of nitrogens with zero attached hydrogens (tertiary/aromatic N) is 6. The highest BCUT2D eigenvalue weighted by Gasteiger charge is 2.37. The van der Waals surface area contributed by atoms with Crippen LogP contribution in [-0.4, -0.2) is 75.0 Å². The molecule has 208 valence electrons. The van der Waals surface area contributed by atoms with E-state index in [4.69, 9.17) is 9.47 Å². The van der Waals surface area contributed by atoms with Gasteiger partial charge in [0.1, 0.15) is 11.5 Å². The molecular weight excluding hydrogens is 525 g/mol. The van der Waals surface area contributed by atoms with Crippen LogP contribution in [0.4, 0.5) is 13.2 Å². The highest BCUT2D eigenvalue weighted by molar-refractivity contribution is 5.93. The molecule has 1 unspecified atom stereocenters. The lowest BCUT2D eigenvalue weighted by Gasteiger charge is -2.15. The third kappa shape index (κ3) is 4.71. The number of rotatable bonds is 6. The summed E-state index contributed by atoms with van der Waals surface area (Å²) < 4.78 is 53.3. The van der Waals surface area contributed by atoms with Gasteiger partial charge in [-0.15, -0.1) is 0 Å². The predicted molar refractivity (Wildman–Crippen MR) is 139 cm³/mol. The fourth-order valence-corrected chi connectivity index (χ4v) is 5.67. The van der Waals surface area contributed by atoms with E-state index >= 15 is 0 Å². The van der Waals surface area contributed by atoms with Crippen LogP contribution in [0.3, 0.4) is 0 Å². The first-order valence-corrected chi connectivity index (χ1v) is 13.0. The lowest BCUT2D eigenvalue weighted by Crippen LogP contribution is -2.29. The molecule has 40 heavy (non-hydrogen) atoms. The largest absolute Gasteiger partial charge is 0.480 e. The number of halogens is 3. The Labute approximate surface area is 228 Å². The first-order valence-electron chi connectivity index (χ1n) is 13.0. The van der Waals surface area contributed by atoms with Crippen molar-refractivity contribution in [2.24, 2.45) is 0 Å². The summed E-state index contributed by atoms with van der Waals surface area (Å²) in [5.74, 6) is -0.282. The van der Waals surface area contributed by atoms with Gasteiger partial charge in [0.15, 0.2) is 18.0 Å². The summed E-state index contributed by atoms with van der Waals surface area (Å²) in [6.45, 7) is -0.635. The molecule has 6 rings (SSSR count). The van der Waals surface area contributed by atoms with E-state index in [1.807, 2.05) is 18.2 Å². The van der Waals surface area contributed by atoms with E-state index in [2.05, 4.69) is 20.1 Å². The fourth-order valence-electron chi connectivity index (χ4n) is 5.67. The molecule has 0 bridgehead atoms. The lowest BCUT2D eigenvalue weighted by molar-refractivity contribution is 0.0773. The number of fused-ring (bicyclic) bond motifs is 1. The number of carbonyl (C=O) groups excluding carboxylic acids is 1. The summed E-state index contributed by atoms with van der Waals surface area (Å²) in [6.07, 6.45) is 2.12. The molecule has 1 saturated carbocycles. The number of ether oxygens (including phenoxy) is 2. The van der Waals surface area contributed by atoms with E-state index in [1.165, 1.54) is 37.1 Å². The number of amides is 1. The number of benzene rings is 1. The first-order chi connectivity index (χ1) is 19.3. The molecule has 9 nitrogen and oxygen atoms in total. The molecule has 1 saturated heterocycles. The SMILES string of the molecule is COc1ncc(-c2cc(C3CC[C@H](c4ccc(F)cc4)C3)c3nc(C(=O)N4C[C@@H](F)[C@@H](F)C4)cn3n2)c(OC)n1. The molecule has 12 heteroatoms. The molecule has 2 fully saturated rings. The van der Waals surface area contributed by atoms with Crippen molar-refractivity contribution in [1.29, 1.82) is 0 Å². The number of methoxy groups -OCH3 is 2. The highest BCUT2D eigenvalue weighted by atomic mass is 19.2. The molecule has 4 aromatic rings. The van der Waals surface area contributed by atoms with Gasteiger partial charge < -0.3 is 14.4 Å². The van der Waals surface area contributed by atoms with Crippen molar-refractivity contribution >= 4 is 11.6 Å². The monoisotopic (exact) mass is 552 g/mol. The van der Waals surface area contributed by atoms with Gasteiger partial charge in [-0.1, -0.05) is 12.1 Å². The van der Waals surface area contributed by atoms with Crippen molar-refractivity contribution in [3.8, 4) is 23.1 Å². The Morgan fingerprint density at radius 3 is 2.42 bits per heavy atom. The highest BCUT2D eigenvalue weighted by Crippen LogP contribution is 2.45. The second-order valence-electron chi connectivity index (χ2n) is 10.2. The van der Waals surface area contributed by atoms with Crippen LogP contribution in [0.2, 0.25) is 0 Å². The van der Waals surface area contributed by atoms with Crippen LogP contribution in [0.15, 0.2) is 42.7 Å². The zero-order valence-corrected chi connectivity index (χ0v) is 21.9.